The molecule has 5 amide bonds. The van der Waals surface area contributed by atoms with E-state index < -0.39 is 96.7 Å². The molecule has 4 bridgehead atoms. The van der Waals surface area contributed by atoms with Crippen LogP contribution in [0.5, 0.6) is 11.5 Å². The third-order valence-electron chi connectivity index (χ3n) is 12.8. The minimum Gasteiger partial charge on any atom is -0.507 e. The van der Waals surface area contributed by atoms with E-state index in [9.17, 15) is 58.8 Å². The molecule has 1 aliphatic rings. The second-order valence-electron chi connectivity index (χ2n) is 18.3. The number of aliphatic hydroxyl groups is 1. The van der Waals surface area contributed by atoms with Gasteiger partial charge in [0.1, 0.15) is 35.7 Å². The van der Waals surface area contributed by atoms with Gasteiger partial charge in [0.2, 0.25) is 29.5 Å². The molecule has 0 aromatic heterocycles. The smallest absolute Gasteiger partial charge is 0.325 e. The molecule has 0 aliphatic carbocycles. The number of carbonyl (C=O) groups is 8. The molecule has 17 heteroatoms. The van der Waals surface area contributed by atoms with Crippen molar-refractivity contribution in [3.05, 3.63) is 47.5 Å². The SMILES string of the molecule is CCCCCCCCCCCCCCCC(=O)N(C)[C@H](CO)C(=O)N[C@H](C)C(=O)CCC(=O)N(C)[C@@H]1C(=O)C[C@@H](C)C(=O)N[C@H](C(=O)N[C@H](C)C(=O)O)Cc2ccc(O)c(c2)-c2cc1ccc2O. The summed E-state index contributed by atoms with van der Waals surface area (Å²) < 4.78 is 0. The van der Waals surface area contributed by atoms with Gasteiger partial charge in [0.05, 0.1) is 12.6 Å². The number of carboxylic acid groups (broad SMARTS) is 1. The van der Waals surface area contributed by atoms with Gasteiger partial charge in [-0.1, -0.05) is 103 Å². The highest BCUT2D eigenvalue weighted by Crippen LogP contribution is 2.39. The maximum absolute atomic E-state index is 14.2. The molecule has 0 saturated carbocycles. The standard InChI is InChI=1S/C51H75N5O12/c1-7-8-9-10-11-12-13-14-15-16-17-18-19-20-45(62)55(5)40(31-57)50(66)52-33(3)41(58)25-26-46(63)56(6)47-36-22-24-43(60)38(30-36)37-28-35(21-23-42(37)59)29-39(49(65)53-34(4)51(67)68)54-48(64)32(2)27-44(47)61/h21-24,28,30,32-34,39-40,47,57,59-60H,7-20,25-27,29,31H2,1-6H3,(H,52,66)(H,53,65)(H,54,64)(H,67,68)/t32-,33-,34-,39+,40-,47+/m1/s1. The predicted molar refractivity (Wildman–Crippen MR) is 256 cm³/mol. The van der Waals surface area contributed by atoms with Gasteiger partial charge in [-0.25, -0.2) is 0 Å². The average molecular weight is 950 g/mol. The number of hydrogen-bond acceptors (Lipinski definition) is 11. The summed E-state index contributed by atoms with van der Waals surface area (Å²) in [7, 11) is 2.78. The number of fused-ring (bicyclic) bond motifs is 5. The molecule has 1 heterocycles. The fourth-order valence-corrected chi connectivity index (χ4v) is 8.31. The number of carboxylic acids is 1. The first-order chi connectivity index (χ1) is 32.3. The Morgan fingerprint density at radius 3 is 1.85 bits per heavy atom. The first kappa shape index (κ1) is 56.5. The van der Waals surface area contributed by atoms with Crippen LogP contribution < -0.4 is 16.0 Å². The number of amides is 5. The number of aliphatic carboxylic acids is 1. The van der Waals surface area contributed by atoms with Crippen molar-refractivity contribution in [2.45, 2.75) is 173 Å². The van der Waals surface area contributed by atoms with Crippen molar-refractivity contribution in [3.63, 3.8) is 0 Å². The number of aromatic hydroxyl groups is 2. The number of unbranched alkanes of at least 4 members (excludes halogenated alkanes) is 12. The molecule has 0 spiro atoms. The zero-order chi connectivity index (χ0) is 50.5. The molecule has 1 aliphatic heterocycles. The molecule has 2 aromatic carbocycles. The summed E-state index contributed by atoms with van der Waals surface area (Å²) in [5.41, 5.74) is 0.844. The third-order valence-corrected chi connectivity index (χ3v) is 12.8. The number of nitrogens with one attached hydrogen (secondary N) is 3. The van der Waals surface area contributed by atoms with Crippen LogP contribution in [0.3, 0.4) is 0 Å². The summed E-state index contributed by atoms with van der Waals surface area (Å²) in [4.78, 5) is 108. The number of phenolic OH excluding ortho intramolecular Hbond substituents is 2. The highest BCUT2D eigenvalue weighted by atomic mass is 16.4. The largest absolute Gasteiger partial charge is 0.507 e. The molecule has 0 saturated heterocycles. The number of benzene rings is 2. The molecular weight excluding hydrogens is 875 g/mol. The van der Waals surface area contributed by atoms with Gasteiger partial charge in [-0.05, 0) is 55.7 Å². The second kappa shape index (κ2) is 28.5. The molecule has 6 atom stereocenters. The third kappa shape index (κ3) is 17.4. The molecule has 3 rings (SSSR count). The van der Waals surface area contributed by atoms with Gasteiger partial charge in [0.25, 0.3) is 0 Å². The summed E-state index contributed by atoms with van der Waals surface area (Å²) in [6.07, 6.45) is 14.0. The maximum atomic E-state index is 14.2. The van der Waals surface area contributed by atoms with Gasteiger partial charge in [-0.15, -0.1) is 0 Å². The van der Waals surface area contributed by atoms with E-state index in [0.717, 1.165) is 24.2 Å². The number of carbonyl (C=O) groups excluding carboxylic acids is 7. The topological polar surface area (TPSA) is 260 Å². The van der Waals surface area contributed by atoms with Gasteiger partial charge >= 0.3 is 5.97 Å². The Labute approximate surface area is 400 Å². The van der Waals surface area contributed by atoms with Gasteiger partial charge in [-0.3, -0.25) is 38.4 Å². The normalized spacial score (nSPS) is 17.4. The molecule has 17 nitrogen and oxygen atoms in total. The van der Waals surface area contributed by atoms with E-state index in [1.807, 2.05) is 0 Å². The van der Waals surface area contributed by atoms with Crippen molar-refractivity contribution in [2.24, 2.45) is 5.92 Å². The summed E-state index contributed by atoms with van der Waals surface area (Å²) in [6.45, 7) is 5.69. The number of hydrogen-bond donors (Lipinski definition) is 7. The second-order valence-corrected chi connectivity index (χ2v) is 18.3. The lowest BCUT2D eigenvalue weighted by atomic mass is 9.89. The fraction of sp³-hybridized carbons (Fsp3) is 0.608. The van der Waals surface area contributed by atoms with Crippen LogP contribution in [0.15, 0.2) is 36.4 Å². The number of ketones is 2. The van der Waals surface area contributed by atoms with Crippen molar-refractivity contribution < 1.29 is 58.8 Å². The Bertz CT molecular complexity index is 2060. The summed E-state index contributed by atoms with van der Waals surface area (Å²) in [5, 5.41) is 48.9. The van der Waals surface area contributed by atoms with Crippen LogP contribution in [0.4, 0.5) is 0 Å². The summed E-state index contributed by atoms with van der Waals surface area (Å²) in [5.74, 6) is -7.23. The Kier molecular flexibility index (Phi) is 23.7. The Balaban J connectivity index is 1.65. The predicted octanol–water partition coefficient (Wildman–Crippen LogP) is 5.64. The molecule has 68 heavy (non-hydrogen) atoms. The van der Waals surface area contributed by atoms with Crippen molar-refractivity contribution >= 4 is 47.1 Å². The van der Waals surface area contributed by atoms with E-state index in [1.165, 1.54) is 134 Å². The maximum Gasteiger partial charge on any atom is 0.325 e. The van der Waals surface area contributed by atoms with Gasteiger partial charge in [-0.2, -0.15) is 0 Å². The Hall–Kier alpha value is -5.84. The van der Waals surface area contributed by atoms with Crippen LogP contribution in [0.25, 0.3) is 11.1 Å². The number of likely N-dealkylation sites (N-methyl/N-ethyl adjacent to an activating group) is 2. The van der Waals surface area contributed by atoms with Crippen LogP contribution in [0.2, 0.25) is 0 Å². The van der Waals surface area contributed by atoms with Gasteiger partial charge < -0.3 is 46.2 Å². The molecule has 376 valence electrons. The first-order valence-electron chi connectivity index (χ1n) is 24.3. The van der Waals surface area contributed by atoms with Gasteiger partial charge in [0.15, 0.2) is 11.6 Å². The monoisotopic (exact) mass is 950 g/mol. The van der Waals surface area contributed by atoms with Gasteiger partial charge in [0, 0.05) is 63.2 Å². The van der Waals surface area contributed by atoms with E-state index >= 15 is 0 Å². The van der Waals surface area contributed by atoms with Crippen LogP contribution in [-0.2, 0) is 44.8 Å². The fourth-order valence-electron chi connectivity index (χ4n) is 8.31. The molecule has 2 aromatic rings. The number of phenols is 2. The van der Waals surface area contributed by atoms with E-state index in [0.29, 0.717) is 12.0 Å². The van der Waals surface area contributed by atoms with Crippen LogP contribution in [0, 0.1) is 5.92 Å². The molecule has 0 radical (unpaired) electrons. The zero-order valence-electron chi connectivity index (χ0n) is 40.8. The highest BCUT2D eigenvalue weighted by Gasteiger charge is 2.35. The number of aliphatic hydroxyl groups excluding tert-OH is 1. The van der Waals surface area contributed by atoms with Crippen LogP contribution >= 0.6 is 0 Å². The number of rotatable bonds is 26. The molecule has 0 fully saturated rings. The van der Waals surface area contributed by atoms with Crippen molar-refractivity contribution in [3.8, 4) is 22.6 Å². The Morgan fingerprint density at radius 2 is 1.28 bits per heavy atom. The van der Waals surface area contributed by atoms with Crippen LogP contribution in [0.1, 0.15) is 154 Å². The number of nitrogens with zero attached hydrogens (tertiary/aromatic N) is 2. The average Bonchev–Trinajstić information content (AvgIpc) is 3.30. The van der Waals surface area contributed by atoms with Crippen molar-refractivity contribution in [1.82, 2.24) is 25.8 Å². The molecular formula is C51H75N5O12. The quantitative estimate of drug-likeness (QED) is 0.0565. The van der Waals surface area contributed by atoms with E-state index in [1.54, 1.807) is 0 Å². The highest BCUT2D eigenvalue weighted by molar-refractivity contribution is 5.97. The van der Waals surface area contributed by atoms with Crippen molar-refractivity contribution in [2.75, 3.05) is 20.7 Å². The molecule has 7 N–H and O–H groups in total. The Morgan fingerprint density at radius 1 is 0.721 bits per heavy atom. The van der Waals surface area contributed by atoms with E-state index in [2.05, 4.69) is 22.9 Å². The summed E-state index contributed by atoms with van der Waals surface area (Å²) in [6, 6.07) is 2.16. The zero-order valence-corrected chi connectivity index (χ0v) is 40.8. The lowest BCUT2D eigenvalue weighted by Gasteiger charge is -2.30. The minimum atomic E-state index is -1.36. The molecule has 0 unspecified atom stereocenters. The lowest BCUT2D eigenvalue weighted by Crippen LogP contribution is -2.53. The summed E-state index contributed by atoms with van der Waals surface area (Å²) >= 11 is 0. The van der Waals surface area contributed by atoms with E-state index in [4.69, 9.17) is 0 Å². The first-order valence-corrected chi connectivity index (χ1v) is 24.3. The lowest BCUT2D eigenvalue weighted by molar-refractivity contribution is -0.142. The van der Waals surface area contributed by atoms with Crippen molar-refractivity contribution in [1.29, 1.82) is 0 Å². The van der Waals surface area contributed by atoms with Crippen LogP contribution in [-0.4, -0.2) is 122 Å². The minimum absolute atomic E-state index is 0.0861. The number of Topliss-reactive ketones (excluding diaryl/α,β-unsaturated/α-hetero) is 2. The van der Waals surface area contributed by atoms with E-state index in [-0.39, 0.29) is 53.4 Å².